The maximum atomic E-state index is 11.4. The van der Waals surface area contributed by atoms with Gasteiger partial charge in [-0.2, -0.15) is 0 Å². The number of carbonyl (C=O) groups is 2. The molecule has 90 valence electrons. The summed E-state index contributed by atoms with van der Waals surface area (Å²) >= 11 is 0. The molecule has 0 aliphatic heterocycles. The lowest BCUT2D eigenvalue weighted by atomic mass is 10.2. The molecule has 0 saturated heterocycles. The van der Waals surface area contributed by atoms with E-state index in [1.54, 1.807) is 0 Å². The lowest BCUT2D eigenvalue weighted by Crippen LogP contribution is -2.45. The third-order valence-electron chi connectivity index (χ3n) is 2.97. The van der Waals surface area contributed by atoms with Gasteiger partial charge in [-0.1, -0.05) is 0 Å². The van der Waals surface area contributed by atoms with Crippen LogP contribution in [0.5, 0.6) is 0 Å². The summed E-state index contributed by atoms with van der Waals surface area (Å²) in [6, 6.07) is 0.0572. The first-order chi connectivity index (χ1) is 7.70. The monoisotopic (exact) mass is 226 g/mol. The van der Waals surface area contributed by atoms with Gasteiger partial charge in [0.05, 0.1) is 13.7 Å². The molecule has 5 nitrogen and oxygen atoms in total. The Bertz CT molecular complexity index is 285. The molecular formula is C11H18N2O3. The predicted octanol–water partition coefficient (Wildman–Crippen LogP) is -0.194. The van der Waals surface area contributed by atoms with E-state index in [0.29, 0.717) is 12.0 Å². The molecular weight excluding hydrogens is 208 g/mol. The second kappa shape index (κ2) is 4.82. The van der Waals surface area contributed by atoms with Gasteiger partial charge >= 0.3 is 5.97 Å². The van der Waals surface area contributed by atoms with Crippen molar-refractivity contribution in [2.45, 2.75) is 37.8 Å². The second-order valence-corrected chi connectivity index (χ2v) is 4.56. The van der Waals surface area contributed by atoms with E-state index in [1.807, 2.05) is 0 Å². The van der Waals surface area contributed by atoms with Gasteiger partial charge in [-0.05, 0) is 31.6 Å². The van der Waals surface area contributed by atoms with Gasteiger partial charge < -0.3 is 10.1 Å². The topological polar surface area (TPSA) is 67.4 Å². The van der Waals surface area contributed by atoms with E-state index in [9.17, 15) is 9.59 Å². The Morgan fingerprint density at radius 2 is 2.00 bits per heavy atom. The van der Waals surface area contributed by atoms with Crippen molar-refractivity contribution in [2.75, 3.05) is 13.7 Å². The van der Waals surface area contributed by atoms with Gasteiger partial charge in [-0.15, -0.1) is 0 Å². The van der Waals surface area contributed by atoms with Crippen molar-refractivity contribution in [1.29, 1.82) is 0 Å². The predicted molar refractivity (Wildman–Crippen MR) is 57.7 cm³/mol. The minimum absolute atomic E-state index is 0.0305. The molecule has 2 fully saturated rings. The van der Waals surface area contributed by atoms with Gasteiger partial charge in [0.15, 0.2) is 0 Å². The molecule has 1 amide bonds. The fraction of sp³-hybridized carbons (Fsp3) is 0.818. The Morgan fingerprint density at radius 3 is 2.50 bits per heavy atom. The SMILES string of the molecule is COC(=O)C(NCC(=O)NC1CC1)C1CC1. The molecule has 1 unspecified atom stereocenters. The molecule has 2 N–H and O–H groups in total. The van der Waals surface area contributed by atoms with E-state index in [0.717, 1.165) is 25.7 Å². The fourth-order valence-corrected chi connectivity index (χ4v) is 1.71. The number of nitrogens with one attached hydrogen (secondary N) is 2. The standard InChI is InChI=1S/C11H18N2O3/c1-16-11(15)10(7-2-3-7)12-6-9(14)13-8-4-5-8/h7-8,10,12H,2-6H2,1H3,(H,13,14). The third kappa shape index (κ3) is 3.20. The first-order valence-corrected chi connectivity index (χ1v) is 5.81. The zero-order valence-corrected chi connectivity index (χ0v) is 9.49. The van der Waals surface area contributed by atoms with Crippen LogP contribution in [0, 0.1) is 5.92 Å². The molecule has 0 aromatic carbocycles. The van der Waals surface area contributed by atoms with Crippen molar-refractivity contribution < 1.29 is 14.3 Å². The molecule has 2 aliphatic rings. The Kier molecular flexibility index (Phi) is 3.43. The summed E-state index contributed by atoms with van der Waals surface area (Å²) in [6.45, 7) is 0.201. The summed E-state index contributed by atoms with van der Waals surface area (Å²) in [7, 11) is 1.38. The first kappa shape index (κ1) is 11.4. The average molecular weight is 226 g/mol. The van der Waals surface area contributed by atoms with Crippen LogP contribution in [-0.4, -0.2) is 37.6 Å². The van der Waals surface area contributed by atoms with Crippen LogP contribution in [0.3, 0.4) is 0 Å². The highest BCUT2D eigenvalue weighted by Gasteiger charge is 2.37. The molecule has 0 heterocycles. The number of rotatable bonds is 6. The summed E-state index contributed by atoms with van der Waals surface area (Å²) in [4.78, 5) is 22.9. The maximum absolute atomic E-state index is 11.4. The van der Waals surface area contributed by atoms with Crippen LogP contribution < -0.4 is 10.6 Å². The number of esters is 1. The van der Waals surface area contributed by atoms with Crippen molar-refractivity contribution in [3.63, 3.8) is 0 Å². The van der Waals surface area contributed by atoms with Gasteiger partial charge in [0.25, 0.3) is 0 Å². The molecule has 2 rings (SSSR count). The van der Waals surface area contributed by atoms with E-state index >= 15 is 0 Å². The molecule has 16 heavy (non-hydrogen) atoms. The van der Waals surface area contributed by atoms with Crippen LogP contribution in [0.25, 0.3) is 0 Å². The minimum atomic E-state index is -0.310. The van der Waals surface area contributed by atoms with E-state index in [-0.39, 0.29) is 24.5 Å². The van der Waals surface area contributed by atoms with Gasteiger partial charge in [0.1, 0.15) is 6.04 Å². The number of amides is 1. The van der Waals surface area contributed by atoms with Gasteiger partial charge in [-0.25, -0.2) is 0 Å². The Labute approximate surface area is 94.9 Å². The molecule has 0 spiro atoms. The van der Waals surface area contributed by atoms with E-state index in [4.69, 9.17) is 4.74 Å². The largest absolute Gasteiger partial charge is 0.468 e. The Balaban J connectivity index is 1.72. The Morgan fingerprint density at radius 1 is 1.31 bits per heavy atom. The normalized spacial score (nSPS) is 21.3. The highest BCUT2D eigenvalue weighted by atomic mass is 16.5. The fourth-order valence-electron chi connectivity index (χ4n) is 1.71. The van der Waals surface area contributed by atoms with E-state index in [2.05, 4.69) is 10.6 Å². The molecule has 2 aliphatic carbocycles. The van der Waals surface area contributed by atoms with Crippen molar-refractivity contribution in [1.82, 2.24) is 10.6 Å². The second-order valence-electron chi connectivity index (χ2n) is 4.56. The molecule has 0 radical (unpaired) electrons. The quantitative estimate of drug-likeness (QED) is 0.616. The summed E-state index contributed by atoms with van der Waals surface area (Å²) < 4.78 is 4.71. The van der Waals surface area contributed by atoms with Crippen LogP contribution in [0.4, 0.5) is 0 Å². The van der Waals surface area contributed by atoms with Gasteiger partial charge in [0, 0.05) is 6.04 Å². The highest BCUT2D eigenvalue weighted by molar-refractivity contribution is 5.81. The van der Waals surface area contributed by atoms with Crippen LogP contribution in [0.2, 0.25) is 0 Å². The summed E-state index contributed by atoms with van der Waals surface area (Å²) in [5, 5.41) is 5.85. The number of hydrogen-bond acceptors (Lipinski definition) is 4. The highest BCUT2D eigenvalue weighted by Crippen LogP contribution is 2.33. The summed E-state index contributed by atoms with van der Waals surface area (Å²) in [5.74, 6) is 0.0555. The number of carbonyl (C=O) groups excluding carboxylic acids is 2. The minimum Gasteiger partial charge on any atom is -0.468 e. The van der Waals surface area contributed by atoms with Gasteiger partial charge in [0.2, 0.25) is 5.91 Å². The molecule has 0 aromatic rings. The summed E-state index contributed by atoms with van der Waals surface area (Å²) in [5.41, 5.74) is 0. The van der Waals surface area contributed by atoms with Crippen molar-refractivity contribution in [2.24, 2.45) is 5.92 Å². The van der Waals surface area contributed by atoms with E-state index in [1.165, 1.54) is 7.11 Å². The molecule has 0 aromatic heterocycles. The molecule has 5 heteroatoms. The van der Waals surface area contributed by atoms with Crippen LogP contribution in [0.1, 0.15) is 25.7 Å². The zero-order valence-electron chi connectivity index (χ0n) is 9.49. The van der Waals surface area contributed by atoms with Crippen molar-refractivity contribution >= 4 is 11.9 Å². The van der Waals surface area contributed by atoms with E-state index < -0.39 is 0 Å². The van der Waals surface area contributed by atoms with Crippen LogP contribution in [-0.2, 0) is 14.3 Å². The lowest BCUT2D eigenvalue weighted by Gasteiger charge is -2.15. The van der Waals surface area contributed by atoms with Crippen molar-refractivity contribution in [3.8, 4) is 0 Å². The molecule has 2 saturated carbocycles. The maximum Gasteiger partial charge on any atom is 0.323 e. The molecule has 1 atom stereocenters. The number of ether oxygens (including phenoxy) is 1. The van der Waals surface area contributed by atoms with Crippen LogP contribution in [0.15, 0.2) is 0 Å². The third-order valence-corrected chi connectivity index (χ3v) is 2.97. The average Bonchev–Trinajstić information content (AvgIpc) is 3.10. The number of methoxy groups -OCH3 is 1. The zero-order chi connectivity index (χ0) is 11.5. The number of hydrogen-bond donors (Lipinski definition) is 2. The Hall–Kier alpha value is -1.10. The first-order valence-electron chi connectivity index (χ1n) is 5.81. The smallest absolute Gasteiger partial charge is 0.323 e. The van der Waals surface area contributed by atoms with Crippen molar-refractivity contribution in [3.05, 3.63) is 0 Å². The summed E-state index contributed by atoms with van der Waals surface area (Å²) in [6.07, 6.45) is 4.23. The van der Waals surface area contributed by atoms with Crippen LogP contribution >= 0.6 is 0 Å². The molecule has 0 bridgehead atoms. The lowest BCUT2D eigenvalue weighted by molar-refractivity contribution is -0.143. The van der Waals surface area contributed by atoms with Gasteiger partial charge in [-0.3, -0.25) is 14.9 Å².